The van der Waals surface area contributed by atoms with E-state index in [1.807, 2.05) is 0 Å². The van der Waals surface area contributed by atoms with Crippen LogP contribution >= 0.6 is 11.8 Å². The predicted octanol–water partition coefficient (Wildman–Crippen LogP) is 2.14. The lowest BCUT2D eigenvalue weighted by Crippen LogP contribution is -1.96. The summed E-state index contributed by atoms with van der Waals surface area (Å²) in [4.78, 5) is 9.54. The zero-order chi connectivity index (χ0) is 7.82. The molecule has 0 rings (SSSR count). The molecule has 0 aliphatic carbocycles. The first kappa shape index (κ1) is 9.75. The van der Waals surface area contributed by atoms with Gasteiger partial charge in [-0.05, 0) is 12.2 Å². The van der Waals surface area contributed by atoms with Gasteiger partial charge < -0.3 is 0 Å². The molecule has 0 bridgehead atoms. The van der Waals surface area contributed by atoms with Crippen LogP contribution in [-0.4, -0.2) is 16.6 Å². The van der Waals surface area contributed by atoms with Gasteiger partial charge in [-0.1, -0.05) is 31.5 Å². The van der Waals surface area contributed by atoms with Gasteiger partial charge in [0.25, 0.3) is 0 Å². The summed E-state index contributed by atoms with van der Waals surface area (Å²) < 4.78 is 0. The van der Waals surface area contributed by atoms with Gasteiger partial charge in [0, 0.05) is 4.92 Å². The highest BCUT2D eigenvalue weighted by atomic mass is 32.2. The third-order valence-electron chi connectivity index (χ3n) is 1.09. The van der Waals surface area contributed by atoms with Gasteiger partial charge in [-0.15, -0.1) is 0 Å². The highest BCUT2D eigenvalue weighted by Gasteiger charge is 1.95. The molecule has 0 amide bonds. The van der Waals surface area contributed by atoms with Gasteiger partial charge >= 0.3 is 0 Å². The van der Waals surface area contributed by atoms with Gasteiger partial charge in [0.2, 0.25) is 5.88 Å². The molecule has 0 saturated carbocycles. The first-order chi connectivity index (χ1) is 4.77. The van der Waals surface area contributed by atoms with E-state index in [2.05, 4.69) is 6.92 Å². The number of hydrogen-bond acceptors (Lipinski definition) is 3. The Morgan fingerprint density at radius 2 is 2.20 bits per heavy atom. The fourth-order valence-electron chi connectivity index (χ4n) is 0.593. The number of nitrogens with zero attached hydrogens (tertiary/aromatic N) is 1. The lowest BCUT2D eigenvalue weighted by Gasteiger charge is -1.94. The number of rotatable bonds is 6. The molecule has 0 aliphatic rings. The molecule has 0 spiro atoms. The molecule has 4 heteroatoms. The zero-order valence-electron chi connectivity index (χ0n) is 6.21. The average Bonchev–Trinajstić information content (AvgIpc) is 1.87. The molecular weight excluding hydrogens is 150 g/mol. The molecule has 0 aromatic heterocycles. The van der Waals surface area contributed by atoms with E-state index in [0.29, 0.717) is 0 Å². The second-order valence-corrected chi connectivity index (χ2v) is 3.15. The fourth-order valence-corrected chi connectivity index (χ4v) is 1.28. The van der Waals surface area contributed by atoms with E-state index in [9.17, 15) is 10.1 Å². The van der Waals surface area contributed by atoms with Crippen LogP contribution in [0.2, 0.25) is 0 Å². The molecule has 0 N–H and O–H groups in total. The first-order valence-electron chi connectivity index (χ1n) is 3.47. The van der Waals surface area contributed by atoms with Crippen LogP contribution in [0.1, 0.15) is 26.2 Å². The highest BCUT2D eigenvalue weighted by molar-refractivity contribution is 7.99. The van der Waals surface area contributed by atoms with Gasteiger partial charge in [0.15, 0.2) is 0 Å². The molecule has 0 fully saturated rings. The van der Waals surface area contributed by atoms with Crippen LogP contribution in [0.25, 0.3) is 0 Å². The minimum atomic E-state index is -0.281. The molecule has 0 radical (unpaired) electrons. The molecule has 60 valence electrons. The quantitative estimate of drug-likeness (QED) is 0.261. The third kappa shape index (κ3) is 7.75. The van der Waals surface area contributed by atoms with Crippen LogP contribution < -0.4 is 0 Å². The SMILES string of the molecule is CCCCCSC[N+](=O)[O-]. The second kappa shape index (κ2) is 6.86. The molecule has 0 aromatic carbocycles. The molecule has 0 unspecified atom stereocenters. The molecule has 0 saturated heterocycles. The van der Waals surface area contributed by atoms with Crippen molar-refractivity contribution in [3.8, 4) is 0 Å². The summed E-state index contributed by atoms with van der Waals surface area (Å²) in [5.74, 6) is 0.985. The van der Waals surface area contributed by atoms with Crippen LogP contribution in [0.5, 0.6) is 0 Å². The van der Waals surface area contributed by atoms with Crippen molar-refractivity contribution in [2.45, 2.75) is 26.2 Å². The van der Waals surface area contributed by atoms with Gasteiger partial charge in [-0.3, -0.25) is 10.1 Å². The maximum atomic E-state index is 9.82. The summed E-state index contributed by atoms with van der Waals surface area (Å²) in [5.41, 5.74) is 0. The Kier molecular flexibility index (Phi) is 6.69. The van der Waals surface area contributed by atoms with Crippen LogP contribution in [-0.2, 0) is 0 Å². The summed E-state index contributed by atoms with van der Waals surface area (Å²) in [6.07, 6.45) is 3.47. The van der Waals surface area contributed by atoms with Crippen molar-refractivity contribution >= 4 is 11.8 Å². The number of unbranched alkanes of at least 4 members (excludes halogenated alkanes) is 2. The van der Waals surface area contributed by atoms with E-state index in [-0.39, 0.29) is 10.8 Å². The van der Waals surface area contributed by atoms with Crippen LogP contribution in [0.3, 0.4) is 0 Å². The zero-order valence-corrected chi connectivity index (χ0v) is 7.02. The van der Waals surface area contributed by atoms with Crippen molar-refractivity contribution in [3.05, 3.63) is 10.1 Å². The summed E-state index contributed by atoms with van der Waals surface area (Å²) >= 11 is 1.40. The standard InChI is InChI=1S/C6H13NO2S/c1-2-3-4-5-10-6-7(8)9/h2-6H2,1H3. The molecule has 0 aromatic rings. The third-order valence-corrected chi connectivity index (χ3v) is 2.06. The van der Waals surface area contributed by atoms with Gasteiger partial charge in [-0.2, -0.15) is 0 Å². The van der Waals surface area contributed by atoms with Crippen LogP contribution in [0, 0.1) is 10.1 Å². The number of thioether (sulfide) groups is 1. The summed E-state index contributed by atoms with van der Waals surface area (Å²) in [7, 11) is 0. The summed E-state index contributed by atoms with van der Waals surface area (Å²) in [6.45, 7) is 2.12. The largest absolute Gasteiger partial charge is 0.264 e. The van der Waals surface area contributed by atoms with Gasteiger partial charge in [-0.25, -0.2) is 0 Å². The first-order valence-corrected chi connectivity index (χ1v) is 4.62. The normalized spacial score (nSPS) is 9.70. The van der Waals surface area contributed by atoms with E-state index in [1.165, 1.54) is 24.6 Å². The Hall–Kier alpha value is -0.250. The van der Waals surface area contributed by atoms with Crippen molar-refractivity contribution in [3.63, 3.8) is 0 Å². The number of hydrogen-bond donors (Lipinski definition) is 0. The Morgan fingerprint density at radius 1 is 1.50 bits per heavy atom. The average molecular weight is 163 g/mol. The van der Waals surface area contributed by atoms with Crippen molar-refractivity contribution in [2.24, 2.45) is 0 Å². The monoisotopic (exact) mass is 163 g/mol. The van der Waals surface area contributed by atoms with Crippen LogP contribution in [0.4, 0.5) is 0 Å². The lowest BCUT2D eigenvalue weighted by atomic mass is 10.3. The minimum Gasteiger partial charge on any atom is -0.264 e. The van der Waals surface area contributed by atoms with Gasteiger partial charge in [0.1, 0.15) is 0 Å². The summed E-state index contributed by atoms with van der Waals surface area (Å²) in [5, 5.41) is 9.82. The van der Waals surface area contributed by atoms with Gasteiger partial charge in [0.05, 0.1) is 0 Å². The molecule has 0 heterocycles. The molecular formula is C6H13NO2S. The Balaban J connectivity index is 2.84. The fraction of sp³-hybridized carbons (Fsp3) is 1.00. The van der Waals surface area contributed by atoms with E-state index in [0.717, 1.165) is 12.2 Å². The van der Waals surface area contributed by atoms with Crippen molar-refractivity contribution in [2.75, 3.05) is 11.6 Å². The predicted molar refractivity (Wildman–Crippen MR) is 43.8 cm³/mol. The van der Waals surface area contributed by atoms with E-state index >= 15 is 0 Å². The Bertz CT molecular complexity index is 97.7. The molecule has 0 aliphatic heterocycles. The molecule has 3 nitrogen and oxygen atoms in total. The molecule has 10 heavy (non-hydrogen) atoms. The topological polar surface area (TPSA) is 43.1 Å². The number of nitro groups is 1. The maximum absolute atomic E-state index is 9.82. The van der Waals surface area contributed by atoms with E-state index < -0.39 is 0 Å². The Labute approximate surface area is 65.3 Å². The molecule has 0 atom stereocenters. The summed E-state index contributed by atoms with van der Waals surface area (Å²) in [6, 6.07) is 0. The highest BCUT2D eigenvalue weighted by Crippen LogP contribution is 2.05. The van der Waals surface area contributed by atoms with Crippen molar-refractivity contribution in [1.29, 1.82) is 0 Å². The maximum Gasteiger partial charge on any atom is 0.249 e. The van der Waals surface area contributed by atoms with E-state index in [1.54, 1.807) is 0 Å². The minimum absolute atomic E-state index is 0.0592. The van der Waals surface area contributed by atoms with Crippen molar-refractivity contribution in [1.82, 2.24) is 0 Å². The lowest BCUT2D eigenvalue weighted by molar-refractivity contribution is -0.456. The van der Waals surface area contributed by atoms with Crippen LogP contribution in [0.15, 0.2) is 0 Å². The Morgan fingerprint density at radius 3 is 2.70 bits per heavy atom. The second-order valence-electron chi connectivity index (χ2n) is 2.08. The smallest absolute Gasteiger partial charge is 0.249 e. The van der Waals surface area contributed by atoms with E-state index in [4.69, 9.17) is 0 Å². The van der Waals surface area contributed by atoms with Crippen molar-refractivity contribution < 1.29 is 4.92 Å².